The van der Waals surface area contributed by atoms with Crippen LogP contribution in [0.1, 0.15) is 168 Å². The maximum Gasteiger partial charge on any atom is 0.306 e. The molecule has 2 aliphatic heterocycles. The standard InChI is InChI=1S/C53H92O14/c1-3-5-7-9-11-13-15-17-19-21-22-24-26-28-30-32-34-36-45(55)65-42(39-62-37-35-33-31-29-27-25-23-20-18-16-14-12-10-8-6-4-2)40-63-52-51(61)49(59)47(57)44(67-52)41-64-53-50(60)48(58)46(56)43(38-54)66-53/h5,7,11-14,17-20,42-44,46-54,56-61H,3-4,6,8-10,15-16,21-41H2,1-2H3/b7-5-,13-11-,14-12-,19-17-,20-18-. The van der Waals surface area contributed by atoms with Gasteiger partial charge >= 0.3 is 5.97 Å². The Morgan fingerprint density at radius 3 is 1.52 bits per heavy atom. The molecule has 0 aliphatic carbocycles. The molecule has 0 spiro atoms. The van der Waals surface area contributed by atoms with E-state index in [2.05, 4.69) is 74.6 Å². The Morgan fingerprint density at radius 2 is 0.970 bits per heavy atom. The first kappa shape index (κ1) is 60.8. The molecule has 0 aromatic carbocycles. The summed E-state index contributed by atoms with van der Waals surface area (Å²) in [5.74, 6) is -0.392. The van der Waals surface area contributed by atoms with Crippen molar-refractivity contribution in [2.75, 3.05) is 33.0 Å². The van der Waals surface area contributed by atoms with E-state index in [1.54, 1.807) is 0 Å². The number of rotatable bonds is 40. The van der Waals surface area contributed by atoms with Crippen molar-refractivity contribution in [1.29, 1.82) is 0 Å². The molecule has 0 saturated carbocycles. The van der Waals surface area contributed by atoms with Crippen LogP contribution in [-0.2, 0) is 33.2 Å². The van der Waals surface area contributed by atoms with Gasteiger partial charge in [-0.25, -0.2) is 0 Å². The molecule has 0 aromatic rings. The highest BCUT2D eigenvalue weighted by Gasteiger charge is 2.47. The third-order valence-electron chi connectivity index (χ3n) is 12.0. The smallest absolute Gasteiger partial charge is 0.306 e. The lowest BCUT2D eigenvalue weighted by Crippen LogP contribution is -2.61. The van der Waals surface area contributed by atoms with Crippen LogP contribution in [0, 0.1) is 0 Å². The summed E-state index contributed by atoms with van der Waals surface area (Å²) in [7, 11) is 0. The third-order valence-corrected chi connectivity index (χ3v) is 12.0. The number of allylic oxidation sites excluding steroid dienone is 10. The molecule has 0 bridgehead atoms. The fraction of sp³-hybridized carbons (Fsp3) is 0.792. The second-order valence-corrected chi connectivity index (χ2v) is 18.0. The molecule has 11 unspecified atom stereocenters. The predicted octanol–water partition coefficient (Wildman–Crippen LogP) is 7.74. The van der Waals surface area contributed by atoms with Crippen molar-refractivity contribution < 1.29 is 69.0 Å². The average molecular weight is 953 g/mol. The minimum atomic E-state index is -1.71. The average Bonchev–Trinajstić information content (AvgIpc) is 3.32. The van der Waals surface area contributed by atoms with Crippen molar-refractivity contribution in [1.82, 2.24) is 0 Å². The third kappa shape index (κ3) is 28.2. The van der Waals surface area contributed by atoms with E-state index in [0.717, 1.165) is 89.9 Å². The zero-order valence-electron chi connectivity index (χ0n) is 41.1. The van der Waals surface area contributed by atoms with E-state index in [0.29, 0.717) is 13.0 Å². The van der Waals surface area contributed by atoms with E-state index in [-0.39, 0.29) is 19.6 Å². The van der Waals surface area contributed by atoms with E-state index >= 15 is 0 Å². The van der Waals surface area contributed by atoms with Gasteiger partial charge in [-0.05, 0) is 77.0 Å². The van der Waals surface area contributed by atoms with Gasteiger partial charge in [0.15, 0.2) is 12.6 Å². The summed E-state index contributed by atoms with van der Waals surface area (Å²) in [6, 6.07) is 0. The summed E-state index contributed by atoms with van der Waals surface area (Å²) in [6.07, 6.45) is 31.3. The summed E-state index contributed by atoms with van der Waals surface area (Å²) >= 11 is 0. The molecule has 7 N–H and O–H groups in total. The monoisotopic (exact) mass is 953 g/mol. The Bertz CT molecular complexity index is 1340. The maximum atomic E-state index is 13.0. The van der Waals surface area contributed by atoms with E-state index in [9.17, 15) is 40.5 Å². The van der Waals surface area contributed by atoms with Gasteiger partial charge in [-0.1, -0.05) is 145 Å². The van der Waals surface area contributed by atoms with Gasteiger partial charge in [-0.15, -0.1) is 0 Å². The number of esters is 1. The first-order valence-corrected chi connectivity index (χ1v) is 25.9. The van der Waals surface area contributed by atoms with Crippen molar-refractivity contribution in [3.63, 3.8) is 0 Å². The minimum Gasteiger partial charge on any atom is -0.457 e. The van der Waals surface area contributed by atoms with Gasteiger partial charge in [-0.2, -0.15) is 0 Å². The van der Waals surface area contributed by atoms with Crippen LogP contribution in [0.15, 0.2) is 60.8 Å². The molecule has 2 aliphatic rings. The molecule has 11 atom stereocenters. The van der Waals surface area contributed by atoms with Gasteiger partial charge in [-0.3, -0.25) is 4.79 Å². The van der Waals surface area contributed by atoms with Crippen molar-refractivity contribution >= 4 is 5.97 Å². The quantitative estimate of drug-likeness (QED) is 0.0178. The lowest BCUT2D eigenvalue weighted by Gasteiger charge is -2.42. The number of hydrogen-bond acceptors (Lipinski definition) is 14. The van der Waals surface area contributed by atoms with Crippen LogP contribution in [0.25, 0.3) is 0 Å². The lowest BCUT2D eigenvalue weighted by atomic mass is 9.98. The van der Waals surface area contributed by atoms with Crippen LogP contribution in [0.5, 0.6) is 0 Å². The zero-order valence-corrected chi connectivity index (χ0v) is 41.1. The molecule has 2 fully saturated rings. The second-order valence-electron chi connectivity index (χ2n) is 18.0. The number of aliphatic hydroxyl groups excluding tert-OH is 7. The number of hydrogen-bond donors (Lipinski definition) is 7. The highest BCUT2D eigenvalue weighted by atomic mass is 16.7. The molecular formula is C53H92O14. The highest BCUT2D eigenvalue weighted by Crippen LogP contribution is 2.26. The molecule has 2 saturated heterocycles. The molecule has 0 aromatic heterocycles. The molecule has 388 valence electrons. The van der Waals surface area contributed by atoms with Gasteiger partial charge in [0, 0.05) is 13.0 Å². The number of aliphatic hydroxyl groups is 7. The maximum absolute atomic E-state index is 13.0. The Kier molecular flexibility index (Phi) is 36.7. The van der Waals surface area contributed by atoms with Gasteiger partial charge in [0.2, 0.25) is 0 Å². The van der Waals surface area contributed by atoms with E-state index < -0.39 is 86.7 Å². The summed E-state index contributed by atoms with van der Waals surface area (Å²) in [4.78, 5) is 13.0. The zero-order chi connectivity index (χ0) is 48.7. The topological polar surface area (TPSA) is 214 Å². The van der Waals surface area contributed by atoms with Crippen molar-refractivity contribution in [3.8, 4) is 0 Å². The van der Waals surface area contributed by atoms with E-state index in [4.69, 9.17) is 28.4 Å². The molecule has 14 nitrogen and oxygen atoms in total. The summed E-state index contributed by atoms with van der Waals surface area (Å²) in [5, 5.41) is 72.1. The minimum absolute atomic E-state index is 0.0478. The van der Waals surface area contributed by atoms with Crippen LogP contribution >= 0.6 is 0 Å². The Hall–Kier alpha value is -2.31. The molecule has 0 radical (unpaired) electrons. The first-order valence-electron chi connectivity index (χ1n) is 25.9. The van der Waals surface area contributed by atoms with Gasteiger partial charge in [0.05, 0.1) is 26.4 Å². The summed E-state index contributed by atoms with van der Waals surface area (Å²) < 4.78 is 34.3. The second kappa shape index (κ2) is 40.4. The predicted molar refractivity (Wildman–Crippen MR) is 261 cm³/mol. The van der Waals surface area contributed by atoms with Crippen LogP contribution in [0.3, 0.4) is 0 Å². The van der Waals surface area contributed by atoms with Crippen molar-refractivity contribution in [3.05, 3.63) is 60.8 Å². The Morgan fingerprint density at radius 1 is 0.507 bits per heavy atom. The number of carbonyl (C=O) groups excluding carboxylic acids is 1. The van der Waals surface area contributed by atoms with Crippen molar-refractivity contribution in [2.24, 2.45) is 0 Å². The summed E-state index contributed by atoms with van der Waals surface area (Å²) in [5.41, 5.74) is 0. The van der Waals surface area contributed by atoms with E-state index in [1.807, 2.05) is 0 Å². The van der Waals surface area contributed by atoms with E-state index in [1.165, 1.54) is 51.4 Å². The number of ether oxygens (including phenoxy) is 6. The fourth-order valence-electron chi connectivity index (χ4n) is 7.80. The molecule has 14 heteroatoms. The Labute approximate surface area is 403 Å². The normalized spacial score (nSPS) is 26.6. The molecule has 67 heavy (non-hydrogen) atoms. The number of unbranched alkanes of at least 4 members (excludes halogenated alkanes) is 16. The summed E-state index contributed by atoms with van der Waals surface area (Å²) in [6.45, 7) is 3.50. The van der Waals surface area contributed by atoms with Gasteiger partial charge in [0.25, 0.3) is 0 Å². The van der Waals surface area contributed by atoms with Gasteiger partial charge < -0.3 is 64.2 Å². The number of carbonyl (C=O) groups is 1. The lowest BCUT2D eigenvalue weighted by molar-refractivity contribution is -0.332. The molecule has 2 rings (SSSR count). The van der Waals surface area contributed by atoms with Crippen LogP contribution in [-0.4, -0.2) is 142 Å². The molecular weight excluding hydrogens is 861 g/mol. The van der Waals surface area contributed by atoms with Crippen molar-refractivity contribution in [2.45, 2.75) is 235 Å². The highest BCUT2D eigenvalue weighted by molar-refractivity contribution is 5.69. The Balaban J connectivity index is 1.78. The van der Waals surface area contributed by atoms with Crippen LogP contribution < -0.4 is 0 Å². The first-order chi connectivity index (χ1) is 32.6. The largest absolute Gasteiger partial charge is 0.457 e. The SMILES string of the molecule is CC/C=C\C/C=C\C/C=C\CCCCCCCCCC(=O)OC(COCCCCCCCC/C=C\C/C=C\CCCCC)COC1OC(COC2OC(CO)C(O)C(O)C2O)C(O)C(O)C1O. The van der Waals surface area contributed by atoms with Crippen LogP contribution in [0.4, 0.5) is 0 Å². The molecule has 2 heterocycles. The fourth-order valence-corrected chi connectivity index (χ4v) is 7.80. The van der Waals surface area contributed by atoms with Gasteiger partial charge in [0.1, 0.15) is 54.9 Å². The van der Waals surface area contributed by atoms with Crippen LogP contribution in [0.2, 0.25) is 0 Å². The molecule has 0 amide bonds.